The van der Waals surface area contributed by atoms with Crippen molar-refractivity contribution in [3.8, 4) is 0 Å². The van der Waals surface area contributed by atoms with Crippen LogP contribution < -0.4 is 0 Å². The Morgan fingerprint density at radius 2 is 2.06 bits per heavy atom. The lowest BCUT2D eigenvalue weighted by molar-refractivity contribution is -0.126. The third-order valence-electron chi connectivity index (χ3n) is 2.50. The van der Waals surface area contributed by atoms with E-state index in [-0.39, 0.29) is 12.5 Å². The van der Waals surface area contributed by atoms with Crippen molar-refractivity contribution in [2.24, 2.45) is 0 Å². The molecule has 84 valence electrons. The van der Waals surface area contributed by atoms with E-state index >= 15 is 0 Å². The molecule has 0 radical (unpaired) electrons. The molecule has 1 saturated heterocycles. The number of nitrogens with zero attached hydrogens (tertiary/aromatic N) is 1. The van der Waals surface area contributed by atoms with Gasteiger partial charge in [-0.05, 0) is 12.0 Å². The molecule has 2 amide bonds. The van der Waals surface area contributed by atoms with Crippen LogP contribution in [0.25, 0.3) is 0 Å². The third-order valence-corrected chi connectivity index (χ3v) is 2.50. The summed E-state index contributed by atoms with van der Waals surface area (Å²) < 4.78 is 5.05. The van der Waals surface area contributed by atoms with E-state index in [4.69, 9.17) is 4.74 Å². The molecule has 0 saturated carbocycles. The fourth-order valence-electron chi connectivity index (χ4n) is 1.64. The van der Waals surface area contributed by atoms with E-state index in [0.717, 1.165) is 12.0 Å². The summed E-state index contributed by atoms with van der Waals surface area (Å²) in [5.41, 5.74) is 0.919. The smallest absolute Gasteiger partial charge is 0.416 e. The van der Waals surface area contributed by atoms with Crippen LogP contribution in [0, 0.1) is 0 Å². The Morgan fingerprint density at radius 3 is 2.69 bits per heavy atom. The summed E-state index contributed by atoms with van der Waals surface area (Å²) in [4.78, 5) is 23.9. The van der Waals surface area contributed by atoms with Crippen molar-refractivity contribution in [3.63, 3.8) is 0 Å². The normalized spacial score (nSPS) is 15.2. The minimum atomic E-state index is -0.536. The molecule has 0 aromatic heterocycles. The molecule has 0 N–H and O–H groups in total. The van der Waals surface area contributed by atoms with Gasteiger partial charge >= 0.3 is 6.09 Å². The number of hydrogen-bond donors (Lipinski definition) is 0. The van der Waals surface area contributed by atoms with Crippen LogP contribution in [0.4, 0.5) is 4.79 Å². The van der Waals surface area contributed by atoms with Gasteiger partial charge in [-0.15, -0.1) is 0 Å². The van der Waals surface area contributed by atoms with E-state index in [1.54, 1.807) is 0 Å². The van der Waals surface area contributed by atoms with E-state index in [1.165, 1.54) is 4.90 Å². The molecule has 4 nitrogen and oxygen atoms in total. The molecular weight excluding hydrogens is 206 g/mol. The second-order valence-electron chi connectivity index (χ2n) is 3.69. The zero-order chi connectivity index (χ0) is 11.4. The quantitative estimate of drug-likeness (QED) is 0.763. The minimum Gasteiger partial charge on any atom is -0.444 e. The number of amides is 2. The van der Waals surface area contributed by atoms with Gasteiger partial charge in [-0.25, -0.2) is 9.69 Å². The highest BCUT2D eigenvalue weighted by Gasteiger charge is 2.27. The Morgan fingerprint density at radius 1 is 1.31 bits per heavy atom. The van der Waals surface area contributed by atoms with Gasteiger partial charge in [-0.3, -0.25) is 4.79 Å². The van der Waals surface area contributed by atoms with E-state index in [1.807, 2.05) is 30.3 Å². The maximum atomic E-state index is 11.5. The largest absolute Gasteiger partial charge is 0.444 e. The first-order valence-electron chi connectivity index (χ1n) is 5.28. The lowest BCUT2D eigenvalue weighted by Gasteiger charge is -2.13. The van der Waals surface area contributed by atoms with Crippen LogP contribution in [0.5, 0.6) is 0 Å². The second kappa shape index (κ2) is 4.79. The molecule has 1 aliphatic rings. The molecule has 16 heavy (non-hydrogen) atoms. The van der Waals surface area contributed by atoms with Gasteiger partial charge in [-0.2, -0.15) is 0 Å². The third kappa shape index (κ3) is 2.39. The number of carbonyl (C=O) groups is 2. The Kier molecular flexibility index (Phi) is 3.19. The number of likely N-dealkylation sites (tertiary alicyclic amines) is 1. The molecule has 0 aliphatic carbocycles. The molecule has 1 aliphatic heterocycles. The standard InChI is InChI=1S/C12H13NO3/c14-11-7-4-8-13(11)12(15)16-9-10-5-2-1-3-6-10/h1-3,5-6H,4,7-9H2. The van der Waals surface area contributed by atoms with Gasteiger partial charge in [0.05, 0.1) is 0 Å². The molecule has 0 bridgehead atoms. The number of ether oxygens (including phenoxy) is 1. The number of hydrogen-bond acceptors (Lipinski definition) is 3. The fraction of sp³-hybridized carbons (Fsp3) is 0.333. The molecule has 2 rings (SSSR count). The summed E-state index contributed by atoms with van der Waals surface area (Å²) in [5.74, 6) is -0.141. The number of rotatable bonds is 2. The first-order chi connectivity index (χ1) is 7.77. The number of imide groups is 1. The van der Waals surface area contributed by atoms with Gasteiger partial charge in [0, 0.05) is 13.0 Å². The minimum absolute atomic E-state index is 0.141. The van der Waals surface area contributed by atoms with Crippen LogP contribution in [-0.2, 0) is 16.1 Å². The van der Waals surface area contributed by atoms with Gasteiger partial charge in [0.25, 0.3) is 0 Å². The Bertz CT molecular complexity index is 389. The first-order valence-corrected chi connectivity index (χ1v) is 5.28. The molecule has 1 aromatic rings. The van der Waals surface area contributed by atoms with Crippen molar-refractivity contribution in [1.29, 1.82) is 0 Å². The van der Waals surface area contributed by atoms with Crippen molar-refractivity contribution in [2.75, 3.05) is 6.54 Å². The van der Waals surface area contributed by atoms with Crippen LogP contribution in [0.1, 0.15) is 18.4 Å². The average molecular weight is 219 g/mol. The Labute approximate surface area is 93.8 Å². The van der Waals surface area contributed by atoms with Gasteiger partial charge in [0.1, 0.15) is 6.61 Å². The molecule has 4 heteroatoms. The van der Waals surface area contributed by atoms with Gasteiger partial charge < -0.3 is 4.74 Å². The summed E-state index contributed by atoms with van der Waals surface area (Å²) >= 11 is 0. The molecule has 0 atom stereocenters. The molecule has 0 unspecified atom stereocenters. The van der Waals surface area contributed by atoms with Crippen LogP contribution in [0.3, 0.4) is 0 Å². The van der Waals surface area contributed by atoms with Crippen LogP contribution in [0.15, 0.2) is 30.3 Å². The lowest BCUT2D eigenvalue weighted by Crippen LogP contribution is -2.32. The molecule has 1 heterocycles. The zero-order valence-corrected chi connectivity index (χ0v) is 8.89. The Hall–Kier alpha value is -1.84. The molecule has 0 spiro atoms. The lowest BCUT2D eigenvalue weighted by atomic mass is 10.2. The number of carbonyl (C=O) groups excluding carboxylic acids is 2. The van der Waals surface area contributed by atoms with Crippen molar-refractivity contribution in [2.45, 2.75) is 19.4 Å². The number of benzene rings is 1. The molecule has 1 fully saturated rings. The van der Waals surface area contributed by atoms with Crippen molar-refractivity contribution in [3.05, 3.63) is 35.9 Å². The van der Waals surface area contributed by atoms with Crippen LogP contribution in [0.2, 0.25) is 0 Å². The molecule has 1 aromatic carbocycles. The van der Waals surface area contributed by atoms with Crippen LogP contribution in [-0.4, -0.2) is 23.4 Å². The predicted molar refractivity (Wildman–Crippen MR) is 57.6 cm³/mol. The van der Waals surface area contributed by atoms with Crippen LogP contribution >= 0.6 is 0 Å². The SMILES string of the molecule is O=C1CCCN1C(=O)OCc1ccccc1. The summed E-state index contributed by atoms with van der Waals surface area (Å²) in [7, 11) is 0. The first kappa shape index (κ1) is 10.7. The predicted octanol–water partition coefficient (Wildman–Crippen LogP) is 1.95. The highest BCUT2D eigenvalue weighted by Crippen LogP contribution is 2.12. The second-order valence-corrected chi connectivity index (χ2v) is 3.69. The van der Waals surface area contributed by atoms with Gasteiger partial charge in [0.15, 0.2) is 0 Å². The maximum absolute atomic E-state index is 11.5. The van der Waals surface area contributed by atoms with Gasteiger partial charge in [-0.1, -0.05) is 30.3 Å². The molecular formula is C12H13NO3. The van der Waals surface area contributed by atoms with E-state index < -0.39 is 6.09 Å². The van der Waals surface area contributed by atoms with Crippen molar-refractivity contribution >= 4 is 12.0 Å². The summed E-state index contributed by atoms with van der Waals surface area (Å²) in [5, 5.41) is 0. The van der Waals surface area contributed by atoms with Crippen molar-refractivity contribution in [1.82, 2.24) is 4.90 Å². The van der Waals surface area contributed by atoms with E-state index in [0.29, 0.717) is 13.0 Å². The Balaban J connectivity index is 1.86. The summed E-state index contributed by atoms with van der Waals surface area (Å²) in [6.07, 6.45) is 0.644. The van der Waals surface area contributed by atoms with Crippen molar-refractivity contribution < 1.29 is 14.3 Å². The average Bonchev–Trinajstić information content (AvgIpc) is 2.74. The topological polar surface area (TPSA) is 46.6 Å². The van der Waals surface area contributed by atoms with E-state index in [9.17, 15) is 9.59 Å². The zero-order valence-electron chi connectivity index (χ0n) is 8.89. The highest BCUT2D eigenvalue weighted by molar-refractivity contribution is 5.93. The van der Waals surface area contributed by atoms with E-state index in [2.05, 4.69) is 0 Å². The maximum Gasteiger partial charge on any atom is 0.416 e. The summed E-state index contributed by atoms with van der Waals surface area (Å²) in [6, 6.07) is 9.40. The highest BCUT2D eigenvalue weighted by atomic mass is 16.6. The van der Waals surface area contributed by atoms with Gasteiger partial charge in [0.2, 0.25) is 5.91 Å². The summed E-state index contributed by atoms with van der Waals surface area (Å²) in [6.45, 7) is 0.690. The monoisotopic (exact) mass is 219 g/mol. The fourth-order valence-corrected chi connectivity index (χ4v) is 1.64.